The second-order valence-electron chi connectivity index (χ2n) is 9.38. The van der Waals surface area contributed by atoms with Gasteiger partial charge in [0.1, 0.15) is 5.82 Å². The molecule has 0 saturated heterocycles. The highest BCUT2D eigenvalue weighted by Gasteiger charge is 2.27. The Balaban J connectivity index is 1.90. The summed E-state index contributed by atoms with van der Waals surface area (Å²) in [5.41, 5.74) is 6.80. The van der Waals surface area contributed by atoms with Crippen molar-refractivity contribution in [1.82, 2.24) is 9.55 Å². The largest absolute Gasteiger partial charge is 0.389 e. The summed E-state index contributed by atoms with van der Waals surface area (Å²) in [7, 11) is -3.70. The van der Waals surface area contributed by atoms with Crippen LogP contribution in [0.15, 0.2) is 47.4 Å². The second kappa shape index (κ2) is 9.40. The van der Waals surface area contributed by atoms with E-state index >= 15 is 0 Å². The molecule has 0 atom stereocenters. The number of nitrogens with zero attached hydrogens (tertiary/aromatic N) is 2. The molecule has 0 unspecified atom stereocenters. The van der Waals surface area contributed by atoms with Gasteiger partial charge in [0.15, 0.2) is 9.84 Å². The summed E-state index contributed by atoms with van der Waals surface area (Å²) in [6.45, 7) is 6.22. The summed E-state index contributed by atoms with van der Waals surface area (Å²) in [4.78, 5) is 16.0. The minimum Gasteiger partial charge on any atom is -0.366 e. The number of primary amides is 1. The van der Waals surface area contributed by atoms with E-state index < -0.39 is 28.3 Å². The third-order valence-electron chi connectivity index (χ3n) is 5.44. The van der Waals surface area contributed by atoms with E-state index in [1.807, 2.05) is 25.3 Å². The predicted molar refractivity (Wildman–Crippen MR) is 124 cm³/mol. The van der Waals surface area contributed by atoms with Gasteiger partial charge in [0.25, 0.3) is 0 Å². The molecule has 184 valence electrons. The first-order valence-corrected chi connectivity index (χ1v) is 12.5. The quantitative estimate of drug-likeness (QED) is 0.438. The first kappa shape index (κ1) is 25.7. The Morgan fingerprint density at radius 3 is 2.24 bits per heavy atom. The molecule has 1 aromatic heterocycles. The summed E-state index contributed by atoms with van der Waals surface area (Å²) >= 11 is 0. The van der Waals surface area contributed by atoms with E-state index in [1.165, 1.54) is 24.3 Å². The van der Waals surface area contributed by atoms with Gasteiger partial charge in [0.2, 0.25) is 5.91 Å². The summed E-state index contributed by atoms with van der Waals surface area (Å²) in [6, 6.07) is 10.7. The molecule has 0 radical (unpaired) electrons. The van der Waals surface area contributed by atoms with Crippen LogP contribution in [0.3, 0.4) is 0 Å². The fourth-order valence-corrected chi connectivity index (χ4v) is 5.13. The van der Waals surface area contributed by atoms with Gasteiger partial charge in [0.05, 0.1) is 21.7 Å². The van der Waals surface area contributed by atoms with Crippen molar-refractivity contribution < 1.29 is 26.4 Å². The molecule has 34 heavy (non-hydrogen) atoms. The van der Waals surface area contributed by atoms with Crippen molar-refractivity contribution in [3.63, 3.8) is 0 Å². The third kappa shape index (κ3) is 6.16. The molecular weight excluding hydrogens is 467 g/mol. The van der Waals surface area contributed by atoms with Crippen LogP contribution in [0.5, 0.6) is 0 Å². The normalized spacial score (nSPS) is 12.9. The van der Waals surface area contributed by atoms with Crippen molar-refractivity contribution >= 4 is 26.8 Å². The summed E-state index contributed by atoms with van der Waals surface area (Å²) in [6.07, 6.45) is -4.69. The zero-order valence-electron chi connectivity index (χ0n) is 19.3. The number of sulfone groups is 1. The zero-order valence-corrected chi connectivity index (χ0v) is 20.1. The number of aryl methyl sites for hydroxylation is 1. The number of fused-ring (bicyclic) bond motifs is 1. The van der Waals surface area contributed by atoms with Crippen LogP contribution in [-0.2, 0) is 27.5 Å². The molecular formula is C24H28F3N3O3S. The summed E-state index contributed by atoms with van der Waals surface area (Å²) in [5.74, 6) is -0.170. The van der Waals surface area contributed by atoms with Crippen LogP contribution in [0.25, 0.3) is 11.0 Å². The Morgan fingerprint density at radius 1 is 1.03 bits per heavy atom. The first-order chi connectivity index (χ1) is 15.7. The number of carbonyl (C=O) groups is 1. The van der Waals surface area contributed by atoms with E-state index in [4.69, 9.17) is 5.73 Å². The van der Waals surface area contributed by atoms with Gasteiger partial charge in [-0.25, -0.2) is 13.4 Å². The van der Waals surface area contributed by atoms with Gasteiger partial charge >= 0.3 is 6.18 Å². The standard InChI is InChI=1S/C24H28F3N3O3S/c1-23(2,3)22-29-19-14-18(10-11-20(19)30(22)13-5-4-12-24(25,26)27)34(32,33)15-16-6-8-17(9-7-16)21(28)31/h6-11,14H,4-5,12-13,15H2,1-3H3,(H2,28,31). The van der Waals surface area contributed by atoms with Crippen LogP contribution in [0, 0.1) is 0 Å². The Bertz CT molecular complexity index is 1290. The SMILES string of the molecule is CC(C)(C)c1nc2cc(S(=O)(=O)Cc3ccc(C(N)=O)cc3)ccc2n1CCCCC(F)(F)F. The van der Waals surface area contributed by atoms with Gasteiger partial charge in [0, 0.05) is 23.9 Å². The molecule has 0 aliphatic carbocycles. The highest BCUT2D eigenvalue weighted by molar-refractivity contribution is 7.90. The van der Waals surface area contributed by atoms with Crippen molar-refractivity contribution in [2.24, 2.45) is 5.73 Å². The van der Waals surface area contributed by atoms with E-state index in [9.17, 15) is 26.4 Å². The van der Waals surface area contributed by atoms with Crippen LogP contribution in [-0.4, -0.2) is 30.1 Å². The average Bonchev–Trinajstić information content (AvgIpc) is 3.09. The highest BCUT2D eigenvalue weighted by Crippen LogP contribution is 2.30. The molecule has 1 heterocycles. The number of unbranched alkanes of at least 4 members (excludes halogenated alkanes) is 1. The van der Waals surface area contributed by atoms with Crippen LogP contribution in [0.4, 0.5) is 13.2 Å². The molecule has 3 aromatic rings. The molecule has 0 aliphatic heterocycles. The van der Waals surface area contributed by atoms with Crippen molar-refractivity contribution in [2.75, 3.05) is 0 Å². The number of aromatic nitrogens is 2. The van der Waals surface area contributed by atoms with Gasteiger partial charge in [-0.05, 0) is 48.7 Å². The number of rotatable bonds is 8. The molecule has 2 N–H and O–H groups in total. The number of amides is 1. The maximum atomic E-state index is 13.0. The third-order valence-corrected chi connectivity index (χ3v) is 7.12. The Morgan fingerprint density at radius 2 is 1.68 bits per heavy atom. The topological polar surface area (TPSA) is 95.1 Å². The number of hydrogen-bond donors (Lipinski definition) is 1. The number of imidazole rings is 1. The van der Waals surface area contributed by atoms with E-state index in [1.54, 1.807) is 18.2 Å². The van der Waals surface area contributed by atoms with E-state index in [0.717, 1.165) is 0 Å². The van der Waals surface area contributed by atoms with Crippen LogP contribution < -0.4 is 5.73 Å². The Labute approximate surface area is 196 Å². The molecule has 0 bridgehead atoms. The number of hydrogen-bond acceptors (Lipinski definition) is 4. The molecule has 0 spiro atoms. The molecule has 0 fully saturated rings. The molecule has 1 amide bonds. The Hall–Kier alpha value is -2.88. The first-order valence-electron chi connectivity index (χ1n) is 10.9. The van der Waals surface area contributed by atoms with Gasteiger partial charge < -0.3 is 10.3 Å². The van der Waals surface area contributed by atoms with Gasteiger partial charge in [-0.1, -0.05) is 32.9 Å². The van der Waals surface area contributed by atoms with E-state index in [-0.39, 0.29) is 28.0 Å². The number of benzene rings is 2. The smallest absolute Gasteiger partial charge is 0.366 e. The number of halogens is 3. The Kier molecular flexibility index (Phi) is 7.12. The van der Waals surface area contributed by atoms with Gasteiger partial charge in [-0.15, -0.1) is 0 Å². The fraction of sp³-hybridized carbons (Fsp3) is 0.417. The minimum atomic E-state index is -4.19. The van der Waals surface area contributed by atoms with E-state index in [0.29, 0.717) is 35.4 Å². The van der Waals surface area contributed by atoms with Crippen molar-refractivity contribution in [2.45, 2.75) is 68.8 Å². The van der Waals surface area contributed by atoms with Crippen LogP contribution in [0.2, 0.25) is 0 Å². The fourth-order valence-electron chi connectivity index (χ4n) is 3.77. The summed E-state index contributed by atoms with van der Waals surface area (Å²) in [5, 5.41) is 0. The van der Waals surface area contributed by atoms with Gasteiger partial charge in [-0.2, -0.15) is 13.2 Å². The number of alkyl halides is 3. The second-order valence-corrected chi connectivity index (χ2v) is 11.4. The monoisotopic (exact) mass is 495 g/mol. The zero-order chi connectivity index (χ0) is 25.3. The lowest BCUT2D eigenvalue weighted by atomic mass is 9.95. The molecule has 10 heteroatoms. The molecule has 0 saturated carbocycles. The maximum Gasteiger partial charge on any atom is 0.389 e. The molecule has 0 aliphatic rings. The molecule has 3 rings (SSSR count). The van der Waals surface area contributed by atoms with Crippen LogP contribution in [0.1, 0.15) is 61.8 Å². The minimum absolute atomic E-state index is 0.00770. The van der Waals surface area contributed by atoms with Gasteiger partial charge in [-0.3, -0.25) is 4.79 Å². The highest BCUT2D eigenvalue weighted by atomic mass is 32.2. The molecule has 6 nitrogen and oxygen atoms in total. The van der Waals surface area contributed by atoms with Crippen molar-refractivity contribution in [3.8, 4) is 0 Å². The lowest BCUT2D eigenvalue weighted by Crippen LogP contribution is -2.19. The van der Waals surface area contributed by atoms with E-state index in [2.05, 4.69) is 4.98 Å². The number of carbonyl (C=O) groups excluding carboxylic acids is 1. The lowest BCUT2D eigenvalue weighted by Gasteiger charge is -2.20. The maximum absolute atomic E-state index is 13.0. The average molecular weight is 496 g/mol. The molecule has 2 aromatic carbocycles. The number of nitrogens with two attached hydrogens (primary N) is 1. The van der Waals surface area contributed by atoms with Crippen molar-refractivity contribution in [1.29, 1.82) is 0 Å². The predicted octanol–water partition coefficient (Wildman–Crippen LogP) is 5.14. The summed E-state index contributed by atoms with van der Waals surface area (Å²) < 4.78 is 65.5. The lowest BCUT2D eigenvalue weighted by molar-refractivity contribution is -0.135. The van der Waals surface area contributed by atoms with Crippen molar-refractivity contribution in [3.05, 3.63) is 59.4 Å². The van der Waals surface area contributed by atoms with Crippen LogP contribution >= 0.6 is 0 Å².